The van der Waals surface area contributed by atoms with Gasteiger partial charge in [0.25, 0.3) is 0 Å². The van der Waals surface area contributed by atoms with Crippen LogP contribution in [-0.4, -0.2) is 48.1 Å². The molecule has 0 atom stereocenters. The van der Waals surface area contributed by atoms with Gasteiger partial charge >= 0.3 is 6.03 Å². The van der Waals surface area contributed by atoms with E-state index in [1.54, 1.807) is 44.6 Å². The fraction of sp³-hybridized carbons (Fsp3) is 0.350. The molecule has 9 nitrogen and oxygen atoms in total. The van der Waals surface area contributed by atoms with E-state index in [0.717, 1.165) is 5.56 Å². The third-order valence-electron chi connectivity index (χ3n) is 4.72. The van der Waals surface area contributed by atoms with E-state index < -0.39 is 16.1 Å². The molecule has 162 valence electrons. The molecule has 3 rings (SSSR count). The predicted octanol–water partition coefficient (Wildman–Crippen LogP) is 2.57. The zero-order valence-corrected chi connectivity index (χ0v) is 17.9. The number of ether oxygens (including phenoxy) is 3. The first kappa shape index (κ1) is 21.6. The van der Waals surface area contributed by atoms with E-state index in [0.29, 0.717) is 41.6 Å². The van der Waals surface area contributed by atoms with E-state index >= 15 is 0 Å². The second-order valence-electron chi connectivity index (χ2n) is 6.62. The minimum Gasteiger partial charge on any atom is -0.495 e. The minimum absolute atomic E-state index is 0.119. The van der Waals surface area contributed by atoms with Gasteiger partial charge in [-0.2, -0.15) is 0 Å². The summed E-state index contributed by atoms with van der Waals surface area (Å²) < 4.78 is 41.5. The van der Waals surface area contributed by atoms with Gasteiger partial charge in [-0.3, -0.25) is 4.31 Å². The molecule has 2 aromatic rings. The molecule has 1 aliphatic rings. The maximum atomic E-state index is 12.4. The quantitative estimate of drug-likeness (QED) is 0.692. The van der Waals surface area contributed by atoms with Crippen molar-refractivity contribution in [3.05, 3.63) is 42.0 Å². The standard InChI is InChI=1S/C20H25N3O6S/c1-27-17-8-6-15(23-9-4-10-30(23,25)26)12-16(17)22-20(24)21-13-14-5-7-18(28-2)19(11-14)29-3/h5-8,11-12H,4,9-10,13H2,1-3H3,(H2,21,22,24). The minimum atomic E-state index is -3.32. The molecule has 0 unspecified atom stereocenters. The van der Waals surface area contributed by atoms with Gasteiger partial charge in [0.1, 0.15) is 5.75 Å². The first-order valence-electron chi connectivity index (χ1n) is 9.32. The molecule has 1 fully saturated rings. The fourth-order valence-electron chi connectivity index (χ4n) is 3.22. The Kier molecular flexibility index (Phi) is 6.56. The second-order valence-corrected chi connectivity index (χ2v) is 8.64. The number of methoxy groups -OCH3 is 3. The summed E-state index contributed by atoms with van der Waals surface area (Å²) in [5, 5.41) is 5.48. The highest BCUT2D eigenvalue weighted by Crippen LogP contribution is 2.33. The summed E-state index contributed by atoms with van der Waals surface area (Å²) in [4.78, 5) is 12.4. The molecule has 0 spiro atoms. The molecule has 30 heavy (non-hydrogen) atoms. The largest absolute Gasteiger partial charge is 0.495 e. The van der Waals surface area contributed by atoms with Crippen LogP contribution in [0.1, 0.15) is 12.0 Å². The van der Waals surface area contributed by atoms with Gasteiger partial charge < -0.3 is 24.8 Å². The lowest BCUT2D eigenvalue weighted by Crippen LogP contribution is -2.29. The van der Waals surface area contributed by atoms with Crippen LogP contribution in [0.3, 0.4) is 0 Å². The van der Waals surface area contributed by atoms with Crippen LogP contribution in [0.5, 0.6) is 17.2 Å². The van der Waals surface area contributed by atoms with Crippen molar-refractivity contribution in [3.63, 3.8) is 0 Å². The van der Waals surface area contributed by atoms with Crippen molar-refractivity contribution >= 4 is 27.4 Å². The van der Waals surface area contributed by atoms with Crippen molar-refractivity contribution in [2.75, 3.05) is 43.2 Å². The number of benzene rings is 2. The van der Waals surface area contributed by atoms with Crippen LogP contribution in [-0.2, 0) is 16.6 Å². The van der Waals surface area contributed by atoms with E-state index in [1.165, 1.54) is 11.4 Å². The Labute approximate surface area is 176 Å². The van der Waals surface area contributed by atoms with Crippen LogP contribution in [0, 0.1) is 0 Å². The molecule has 0 radical (unpaired) electrons. The van der Waals surface area contributed by atoms with Gasteiger partial charge in [0.05, 0.1) is 38.5 Å². The number of anilines is 2. The number of hydrogen-bond donors (Lipinski definition) is 2. The smallest absolute Gasteiger partial charge is 0.319 e. The fourth-order valence-corrected chi connectivity index (χ4v) is 4.77. The number of amides is 2. The van der Waals surface area contributed by atoms with Gasteiger partial charge in [0, 0.05) is 13.1 Å². The van der Waals surface area contributed by atoms with Crippen LogP contribution < -0.4 is 29.1 Å². The molecular weight excluding hydrogens is 410 g/mol. The zero-order chi connectivity index (χ0) is 21.7. The Morgan fingerprint density at radius 2 is 1.70 bits per heavy atom. The number of carbonyl (C=O) groups is 1. The number of nitrogens with zero attached hydrogens (tertiary/aromatic N) is 1. The lowest BCUT2D eigenvalue weighted by atomic mass is 10.2. The Morgan fingerprint density at radius 3 is 2.33 bits per heavy atom. The highest BCUT2D eigenvalue weighted by Gasteiger charge is 2.29. The van der Waals surface area contributed by atoms with Crippen molar-refractivity contribution in [3.8, 4) is 17.2 Å². The maximum Gasteiger partial charge on any atom is 0.319 e. The molecule has 0 aromatic heterocycles. The lowest BCUT2D eigenvalue weighted by Gasteiger charge is -2.19. The highest BCUT2D eigenvalue weighted by molar-refractivity contribution is 7.93. The van der Waals surface area contributed by atoms with Gasteiger partial charge in [-0.15, -0.1) is 0 Å². The van der Waals surface area contributed by atoms with Crippen LogP contribution in [0.15, 0.2) is 36.4 Å². The van der Waals surface area contributed by atoms with Crippen LogP contribution in [0.25, 0.3) is 0 Å². The number of hydrogen-bond acceptors (Lipinski definition) is 6. The summed E-state index contributed by atoms with van der Waals surface area (Å²) in [6.07, 6.45) is 0.572. The second kappa shape index (κ2) is 9.12. The number of sulfonamides is 1. The van der Waals surface area contributed by atoms with Crippen LogP contribution in [0.4, 0.5) is 16.2 Å². The normalized spacial score (nSPS) is 14.8. The Bertz CT molecular complexity index is 1030. The van der Waals surface area contributed by atoms with E-state index in [9.17, 15) is 13.2 Å². The predicted molar refractivity (Wildman–Crippen MR) is 114 cm³/mol. The summed E-state index contributed by atoms with van der Waals surface area (Å²) in [6.45, 7) is 0.675. The summed E-state index contributed by atoms with van der Waals surface area (Å²) in [5.74, 6) is 1.72. The van der Waals surface area contributed by atoms with Gasteiger partial charge in [0.2, 0.25) is 10.0 Å². The Hall–Kier alpha value is -3.14. The van der Waals surface area contributed by atoms with Gasteiger partial charge in [-0.25, -0.2) is 13.2 Å². The average Bonchev–Trinajstić information content (AvgIpc) is 3.10. The summed E-state index contributed by atoms with van der Waals surface area (Å²) >= 11 is 0. The van der Waals surface area contributed by atoms with Crippen molar-refractivity contribution < 1.29 is 27.4 Å². The molecule has 2 N–H and O–H groups in total. The van der Waals surface area contributed by atoms with Gasteiger partial charge in [-0.1, -0.05) is 6.07 Å². The summed E-state index contributed by atoms with van der Waals surface area (Å²) in [6, 6.07) is 9.79. The molecule has 0 saturated carbocycles. The van der Waals surface area contributed by atoms with Crippen molar-refractivity contribution in [1.82, 2.24) is 5.32 Å². The highest BCUT2D eigenvalue weighted by atomic mass is 32.2. The third kappa shape index (κ3) is 4.70. The molecule has 2 amide bonds. The van der Waals surface area contributed by atoms with Crippen molar-refractivity contribution in [2.45, 2.75) is 13.0 Å². The van der Waals surface area contributed by atoms with E-state index in [2.05, 4.69) is 10.6 Å². The molecule has 1 aliphatic heterocycles. The average molecular weight is 436 g/mol. The first-order chi connectivity index (χ1) is 14.4. The summed E-state index contributed by atoms with van der Waals surface area (Å²) in [5.41, 5.74) is 1.69. The van der Waals surface area contributed by atoms with Gasteiger partial charge in [-0.05, 0) is 42.3 Å². The lowest BCUT2D eigenvalue weighted by molar-refractivity contribution is 0.251. The molecule has 1 heterocycles. The topological polar surface area (TPSA) is 106 Å². The first-order valence-corrected chi connectivity index (χ1v) is 10.9. The van der Waals surface area contributed by atoms with E-state index in [4.69, 9.17) is 14.2 Å². The molecule has 0 bridgehead atoms. The summed E-state index contributed by atoms with van der Waals surface area (Å²) in [7, 11) is 1.26. The monoisotopic (exact) mass is 435 g/mol. The van der Waals surface area contributed by atoms with Crippen molar-refractivity contribution in [2.24, 2.45) is 0 Å². The molecular formula is C20H25N3O6S. The van der Waals surface area contributed by atoms with Crippen molar-refractivity contribution in [1.29, 1.82) is 0 Å². The van der Waals surface area contributed by atoms with E-state index in [-0.39, 0.29) is 12.3 Å². The SMILES string of the molecule is COc1ccc(N2CCCS2(=O)=O)cc1NC(=O)NCc1ccc(OC)c(OC)c1. The molecule has 10 heteroatoms. The Morgan fingerprint density at radius 1 is 1.00 bits per heavy atom. The molecule has 0 aliphatic carbocycles. The van der Waals surface area contributed by atoms with Crippen LogP contribution >= 0.6 is 0 Å². The maximum absolute atomic E-state index is 12.4. The van der Waals surface area contributed by atoms with Crippen LogP contribution in [0.2, 0.25) is 0 Å². The number of urea groups is 1. The van der Waals surface area contributed by atoms with Gasteiger partial charge in [0.15, 0.2) is 11.5 Å². The number of rotatable bonds is 7. The van der Waals surface area contributed by atoms with E-state index in [1.807, 2.05) is 6.07 Å². The number of carbonyl (C=O) groups excluding carboxylic acids is 1. The zero-order valence-electron chi connectivity index (χ0n) is 17.1. The number of nitrogens with one attached hydrogen (secondary N) is 2. The molecule has 1 saturated heterocycles. The molecule has 2 aromatic carbocycles. The Balaban J connectivity index is 1.71. The third-order valence-corrected chi connectivity index (χ3v) is 6.59.